The van der Waals surface area contributed by atoms with Crippen LogP contribution in [-0.2, 0) is 10.3 Å². The Morgan fingerprint density at radius 3 is 2.53 bits per heavy atom. The Kier molecular flexibility index (Phi) is 2.96. The lowest BCUT2D eigenvalue weighted by Gasteiger charge is -2.33. The molecule has 4 nitrogen and oxygen atoms in total. The van der Waals surface area contributed by atoms with E-state index in [1.807, 2.05) is 0 Å². The summed E-state index contributed by atoms with van der Waals surface area (Å²) in [6.07, 6.45) is 1.78. The van der Waals surface area contributed by atoms with Crippen LogP contribution in [0.1, 0.15) is 31.7 Å². The molecule has 2 unspecified atom stereocenters. The SMILES string of the molecule is CC1CCCC(=O)C1(c1ccccc1)[N+](=O)[O-]. The molecule has 1 aromatic carbocycles. The van der Waals surface area contributed by atoms with Crippen molar-refractivity contribution in [3.8, 4) is 0 Å². The maximum absolute atomic E-state index is 12.1. The fraction of sp³-hybridized carbons (Fsp3) is 0.462. The summed E-state index contributed by atoms with van der Waals surface area (Å²) in [5.41, 5.74) is -1.01. The molecule has 17 heavy (non-hydrogen) atoms. The second-order valence-corrected chi connectivity index (χ2v) is 4.61. The first-order valence-electron chi connectivity index (χ1n) is 5.83. The zero-order valence-electron chi connectivity index (χ0n) is 9.76. The van der Waals surface area contributed by atoms with E-state index in [4.69, 9.17) is 0 Å². The first kappa shape index (κ1) is 11.8. The van der Waals surface area contributed by atoms with Gasteiger partial charge in [-0.2, -0.15) is 0 Å². The highest BCUT2D eigenvalue weighted by Gasteiger charge is 2.57. The summed E-state index contributed by atoms with van der Waals surface area (Å²) in [5, 5.41) is 11.5. The van der Waals surface area contributed by atoms with Crippen molar-refractivity contribution in [2.45, 2.75) is 31.7 Å². The Morgan fingerprint density at radius 2 is 2.00 bits per heavy atom. The standard InChI is InChI=1S/C13H15NO3/c1-10-6-5-9-12(15)13(10,14(16)17)11-7-3-2-4-8-11/h2-4,7-8,10H,5-6,9H2,1H3. The maximum atomic E-state index is 12.1. The lowest BCUT2D eigenvalue weighted by Crippen LogP contribution is -2.51. The van der Waals surface area contributed by atoms with Crippen molar-refractivity contribution in [1.29, 1.82) is 0 Å². The van der Waals surface area contributed by atoms with Crippen molar-refractivity contribution in [2.75, 3.05) is 0 Å². The molecule has 1 fully saturated rings. The van der Waals surface area contributed by atoms with Gasteiger partial charge in [-0.25, -0.2) is 0 Å². The van der Waals surface area contributed by atoms with Gasteiger partial charge in [0.25, 0.3) is 0 Å². The third-order valence-electron chi connectivity index (χ3n) is 3.68. The molecule has 0 amide bonds. The van der Waals surface area contributed by atoms with Gasteiger partial charge in [0.1, 0.15) is 0 Å². The van der Waals surface area contributed by atoms with Crippen molar-refractivity contribution < 1.29 is 9.72 Å². The second-order valence-electron chi connectivity index (χ2n) is 4.61. The topological polar surface area (TPSA) is 60.2 Å². The van der Waals surface area contributed by atoms with E-state index in [2.05, 4.69) is 0 Å². The monoisotopic (exact) mass is 233 g/mol. The molecule has 0 heterocycles. The normalized spacial score (nSPS) is 29.0. The largest absolute Gasteiger partial charge is 0.306 e. The van der Waals surface area contributed by atoms with Crippen LogP contribution < -0.4 is 0 Å². The Morgan fingerprint density at radius 1 is 1.35 bits per heavy atom. The molecule has 1 aliphatic rings. The Labute approximate surface area is 99.8 Å². The van der Waals surface area contributed by atoms with E-state index in [1.165, 1.54) is 0 Å². The van der Waals surface area contributed by atoms with E-state index in [-0.39, 0.29) is 11.7 Å². The van der Waals surface area contributed by atoms with Crippen LogP contribution in [0.15, 0.2) is 30.3 Å². The fourth-order valence-electron chi connectivity index (χ4n) is 2.77. The molecule has 0 bridgehead atoms. The van der Waals surface area contributed by atoms with Crippen LogP contribution in [0.3, 0.4) is 0 Å². The molecule has 0 aliphatic heterocycles. The van der Waals surface area contributed by atoms with Gasteiger partial charge in [-0.3, -0.25) is 14.9 Å². The Balaban J connectivity index is 2.59. The van der Waals surface area contributed by atoms with Gasteiger partial charge in [-0.15, -0.1) is 0 Å². The van der Waals surface area contributed by atoms with Gasteiger partial charge < -0.3 is 0 Å². The summed E-state index contributed by atoms with van der Waals surface area (Å²) in [6.45, 7) is 1.80. The molecule has 1 aromatic rings. The number of carbonyl (C=O) groups excluding carboxylic acids is 1. The lowest BCUT2D eigenvalue weighted by molar-refractivity contribution is -0.572. The highest BCUT2D eigenvalue weighted by Crippen LogP contribution is 2.41. The van der Waals surface area contributed by atoms with Crippen LogP contribution in [0.5, 0.6) is 0 Å². The summed E-state index contributed by atoms with van der Waals surface area (Å²) in [6, 6.07) is 8.66. The number of rotatable bonds is 2. The smallest absolute Gasteiger partial charge is 0.291 e. The second kappa shape index (κ2) is 4.28. The molecule has 0 radical (unpaired) electrons. The molecule has 1 aliphatic carbocycles. The summed E-state index contributed by atoms with van der Waals surface area (Å²) >= 11 is 0. The molecule has 90 valence electrons. The average molecular weight is 233 g/mol. The lowest BCUT2D eigenvalue weighted by atomic mass is 9.69. The molecule has 2 rings (SSSR count). The Bertz CT molecular complexity index is 443. The first-order valence-corrected chi connectivity index (χ1v) is 5.83. The van der Waals surface area contributed by atoms with Gasteiger partial charge in [0.15, 0.2) is 0 Å². The minimum absolute atomic E-state index is 0.249. The molecular weight excluding hydrogens is 218 g/mol. The highest BCUT2D eigenvalue weighted by atomic mass is 16.6. The van der Waals surface area contributed by atoms with E-state index in [9.17, 15) is 14.9 Å². The number of hydrogen-bond acceptors (Lipinski definition) is 3. The van der Waals surface area contributed by atoms with Crippen LogP contribution in [0.4, 0.5) is 0 Å². The third-order valence-corrected chi connectivity index (χ3v) is 3.68. The van der Waals surface area contributed by atoms with E-state index in [0.29, 0.717) is 12.0 Å². The fourth-order valence-corrected chi connectivity index (χ4v) is 2.77. The molecule has 0 N–H and O–H groups in total. The van der Waals surface area contributed by atoms with Gasteiger partial charge in [0.2, 0.25) is 5.78 Å². The molecular formula is C13H15NO3. The van der Waals surface area contributed by atoms with Gasteiger partial charge in [-0.1, -0.05) is 37.3 Å². The molecule has 0 aromatic heterocycles. The van der Waals surface area contributed by atoms with E-state index in [0.717, 1.165) is 12.8 Å². The van der Waals surface area contributed by atoms with Crippen LogP contribution in [-0.4, -0.2) is 10.7 Å². The van der Waals surface area contributed by atoms with E-state index >= 15 is 0 Å². The predicted molar refractivity (Wildman–Crippen MR) is 63.1 cm³/mol. The average Bonchev–Trinajstić information content (AvgIpc) is 2.30. The molecule has 4 heteroatoms. The van der Waals surface area contributed by atoms with Crippen molar-refractivity contribution >= 4 is 5.78 Å². The number of hydrogen-bond donors (Lipinski definition) is 0. The predicted octanol–water partition coefficient (Wildman–Crippen LogP) is 2.55. The first-order chi connectivity index (χ1) is 8.10. The van der Waals surface area contributed by atoms with Crippen molar-refractivity contribution in [1.82, 2.24) is 0 Å². The van der Waals surface area contributed by atoms with Gasteiger partial charge in [-0.05, 0) is 12.8 Å². The summed E-state index contributed by atoms with van der Waals surface area (Å²) in [4.78, 5) is 23.2. The van der Waals surface area contributed by atoms with Gasteiger partial charge in [0, 0.05) is 22.8 Å². The summed E-state index contributed by atoms with van der Waals surface area (Å²) in [5.74, 6) is -0.506. The molecule has 0 saturated heterocycles. The number of Topliss-reactive ketones (excluding diaryl/α,β-unsaturated/α-hetero) is 1. The highest BCUT2D eigenvalue weighted by molar-refractivity contribution is 5.89. The summed E-state index contributed by atoms with van der Waals surface area (Å²) in [7, 11) is 0. The molecule has 2 atom stereocenters. The van der Waals surface area contributed by atoms with Crippen molar-refractivity contribution in [3.05, 3.63) is 46.0 Å². The van der Waals surface area contributed by atoms with Gasteiger partial charge >= 0.3 is 5.54 Å². The minimum Gasteiger partial charge on any atom is -0.291 e. The van der Waals surface area contributed by atoms with Crippen LogP contribution >= 0.6 is 0 Å². The van der Waals surface area contributed by atoms with Crippen molar-refractivity contribution in [3.63, 3.8) is 0 Å². The number of nitro groups is 1. The van der Waals surface area contributed by atoms with Crippen LogP contribution in [0.25, 0.3) is 0 Å². The third kappa shape index (κ3) is 1.64. The molecule has 0 spiro atoms. The quantitative estimate of drug-likeness (QED) is 0.582. The number of benzene rings is 1. The van der Waals surface area contributed by atoms with Gasteiger partial charge in [0.05, 0.1) is 0 Å². The maximum Gasteiger partial charge on any atom is 0.306 e. The number of ketones is 1. The number of nitrogens with zero attached hydrogens (tertiary/aromatic N) is 1. The molecule has 1 saturated carbocycles. The van der Waals surface area contributed by atoms with E-state index < -0.39 is 10.5 Å². The number of carbonyl (C=O) groups is 1. The Hall–Kier alpha value is -1.71. The van der Waals surface area contributed by atoms with Crippen LogP contribution in [0.2, 0.25) is 0 Å². The zero-order valence-corrected chi connectivity index (χ0v) is 9.76. The van der Waals surface area contributed by atoms with Crippen LogP contribution in [0, 0.1) is 16.0 Å². The van der Waals surface area contributed by atoms with E-state index in [1.54, 1.807) is 37.3 Å². The van der Waals surface area contributed by atoms with Crippen molar-refractivity contribution in [2.24, 2.45) is 5.92 Å². The summed E-state index contributed by atoms with van der Waals surface area (Å²) < 4.78 is 0. The minimum atomic E-state index is -1.53. The zero-order chi connectivity index (χ0) is 12.5.